The number of fused-ring (bicyclic) bond motifs is 2. The van der Waals surface area contributed by atoms with Crippen LogP contribution >= 0.6 is 0 Å². The summed E-state index contributed by atoms with van der Waals surface area (Å²) < 4.78 is 8.77. The first-order chi connectivity index (χ1) is 15.6. The number of para-hydroxylation sites is 1. The van der Waals surface area contributed by atoms with Crippen molar-refractivity contribution in [3.63, 3.8) is 0 Å². The second-order valence-corrected chi connectivity index (χ2v) is 7.67. The Morgan fingerprint density at radius 3 is 2.75 bits per heavy atom. The lowest BCUT2D eigenvalue weighted by Crippen LogP contribution is -2.27. The molecule has 0 saturated heterocycles. The molecule has 0 aliphatic rings. The predicted octanol–water partition coefficient (Wildman–Crippen LogP) is 3.13. The van der Waals surface area contributed by atoms with E-state index in [1.165, 1.54) is 18.1 Å². The van der Waals surface area contributed by atoms with Crippen LogP contribution in [0.4, 0.5) is 0 Å². The van der Waals surface area contributed by atoms with Gasteiger partial charge in [-0.1, -0.05) is 48.0 Å². The molecule has 3 aromatic heterocycles. The number of aromatic nitrogens is 4. The van der Waals surface area contributed by atoms with Gasteiger partial charge in [-0.25, -0.2) is 9.67 Å². The second-order valence-electron chi connectivity index (χ2n) is 7.67. The third-order valence-corrected chi connectivity index (χ3v) is 5.35. The van der Waals surface area contributed by atoms with E-state index in [2.05, 4.69) is 15.4 Å². The van der Waals surface area contributed by atoms with Crippen molar-refractivity contribution >= 4 is 27.9 Å². The third-order valence-electron chi connectivity index (χ3n) is 5.35. The van der Waals surface area contributed by atoms with E-state index in [1.807, 2.05) is 55.5 Å². The van der Waals surface area contributed by atoms with Crippen LogP contribution in [0.2, 0.25) is 0 Å². The summed E-state index contributed by atoms with van der Waals surface area (Å²) in [5.74, 6) is -0.0419. The average Bonchev–Trinajstić information content (AvgIpc) is 3.42. The average molecular weight is 427 g/mol. The first kappa shape index (κ1) is 19.7. The summed E-state index contributed by atoms with van der Waals surface area (Å²) >= 11 is 0. The van der Waals surface area contributed by atoms with Crippen molar-refractivity contribution in [2.24, 2.45) is 0 Å². The highest BCUT2D eigenvalue weighted by atomic mass is 16.3. The van der Waals surface area contributed by atoms with Crippen LogP contribution in [0.15, 0.2) is 76.3 Å². The molecular weight excluding hydrogens is 406 g/mol. The van der Waals surface area contributed by atoms with Crippen molar-refractivity contribution in [1.82, 2.24) is 24.6 Å². The van der Waals surface area contributed by atoms with E-state index in [0.717, 1.165) is 10.9 Å². The first-order valence-electron chi connectivity index (χ1n) is 10.3. The summed E-state index contributed by atoms with van der Waals surface area (Å²) in [6.45, 7) is 3.17. The number of carbonyl (C=O) groups excluding carboxylic acids is 1. The standard InChI is InChI=1S/C24H21N5O3/c1-16-6-8-17(9-7-16)14-28-15-26-22-19(24(28)31)13-27-29(22)11-10-25-23(30)21-12-18-4-2-3-5-20(18)32-21/h2-9,12-13,15H,10-11,14H2,1H3,(H,25,30). The molecule has 0 saturated carbocycles. The van der Waals surface area contributed by atoms with Gasteiger partial charge in [-0.3, -0.25) is 14.2 Å². The van der Waals surface area contributed by atoms with Crippen molar-refractivity contribution in [3.8, 4) is 0 Å². The number of hydrogen-bond acceptors (Lipinski definition) is 5. The number of aryl methyl sites for hydroxylation is 1. The molecule has 1 amide bonds. The molecular formula is C24H21N5O3. The molecule has 0 aliphatic carbocycles. The highest BCUT2D eigenvalue weighted by Crippen LogP contribution is 2.18. The van der Waals surface area contributed by atoms with Crippen LogP contribution in [-0.4, -0.2) is 31.8 Å². The topological polar surface area (TPSA) is 95.0 Å². The van der Waals surface area contributed by atoms with Crippen LogP contribution in [0, 0.1) is 6.92 Å². The minimum absolute atomic E-state index is 0.145. The van der Waals surface area contributed by atoms with Gasteiger partial charge in [0.2, 0.25) is 0 Å². The molecule has 3 heterocycles. The van der Waals surface area contributed by atoms with E-state index in [-0.39, 0.29) is 17.2 Å². The molecule has 2 aromatic carbocycles. The lowest BCUT2D eigenvalue weighted by molar-refractivity contribution is 0.0926. The van der Waals surface area contributed by atoms with Crippen LogP contribution < -0.4 is 10.9 Å². The van der Waals surface area contributed by atoms with Crippen molar-refractivity contribution in [2.45, 2.75) is 20.0 Å². The van der Waals surface area contributed by atoms with Gasteiger partial charge in [-0.05, 0) is 24.6 Å². The van der Waals surface area contributed by atoms with Crippen molar-refractivity contribution in [1.29, 1.82) is 0 Å². The molecule has 160 valence electrons. The molecule has 0 fully saturated rings. The number of nitrogens with one attached hydrogen (secondary N) is 1. The zero-order chi connectivity index (χ0) is 22.1. The van der Waals surface area contributed by atoms with Crippen LogP contribution in [0.25, 0.3) is 22.0 Å². The van der Waals surface area contributed by atoms with Crippen molar-refractivity contribution in [2.75, 3.05) is 6.54 Å². The van der Waals surface area contributed by atoms with Crippen LogP contribution in [0.3, 0.4) is 0 Å². The maximum Gasteiger partial charge on any atom is 0.287 e. The van der Waals surface area contributed by atoms with Gasteiger partial charge < -0.3 is 9.73 Å². The van der Waals surface area contributed by atoms with Gasteiger partial charge in [-0.2, -0.15) is 5.10 Å². The van der Waals surface area contributed by atoms with Crippen LogP contribution in [0.5, 0.6) is 0 Å². The number of carbonyl (C=O) groups is 1. The largest absolute Gasteiger partial charge is 0.451 e. The number of furan rings is 1. The van der Waals surface area contributed by atoms with Crippen molar-refractivity contribution < 1.29 is 9.21 Å². The van der Waals surface area contributed by atoms with Gasteiger partial charge in [-0.15, -0.1) is 0 Å². The van der Waals surface area contributed by atoms with E-state index in [4.69, 9.17) is 4.42 Å². The highest BCUT2D eigenvalue weighted by Gasteiger charge is 2.13. The fourth-order valence-corrected chi connectivity index (χ4v) is 3.62. The zero-order valence-corrected chi connectivity index (χ0v) is 17.5. The SMILES string of the molecule is Cc1ccc(Cn2cnc3c(cnn3CCNC(=O)c3cc4ccccc4o3)c2=O)cc1. The maximum atomic E-state index is 12.9. The minimum Gasteiger partial charge on any atom is -0.451 e. The molecule has 0 atom stereocenters. The summed E-state index contributed by atoms with van der Waals surface area (Å²) in [6.07, 6.45) is 3.06. The van der Waals surface area contributed by atoms with Gasteiger partial charge in [0.1, 0.15) is 17.3 Å². The fourth-order valence-electron chi connectivity index (χ4n) is 3.62. The number of rotatable bonds is 6. The van der Waals surface area contributed by atoms with Crippen LogP contribution in [0.1, 0.15) is 21.7 Å². The van der Waals surface area contributed by atoms with Gasteiger partial charge >= 0.3 is 0 Å². The smallest absolute Gasteiger partial charge is 0.287 e. The first-order valence-corrected chi connectivity index (χ1v) is 10.3. The molecule has 0 radical (unpaired) electrons. The summed E-state index contributed by atoms with van der Waals surface area (Å²) in [5.41, 5.74) is 3.21. The van der Waals surface area contributed by atoms with Crippen LogP contribution in [-0.2, 0) is 13.1 Å². The summed E-state index contributed by atoms with van der Waals surface area (Å²) in [7, 11) is 0. The molecule has 5 rings (SSSR count). The Bertz CT molecular complexity index is 1440. The molecule has 0 spiro atoms. The van der Waals surface area contributed by atoms with Crippen molar-refractivity contribution in [3.05, 3.63) is 94.4 Å². The molecule has 5 aromatic rings. The molecule has 8 heteroatoms. The summed E-state index contributed by atoms with van der Waals surface area (Å²) in [5, 5.41) is 8.43. The summed E-state index contributed by atoms with van der Waals surface area (Å²) in [4.78, 5) is 29.7. The number of amides is 1. The van der Waals surface area contributed by atoms with E-state index < -0.39 is 0 Å². The Hall–Kier alpha value is -4.20. The van der Waals surface area contributed by atoms with Gasteiger partial charge in [0.25, 0.3) is 11.5 Å². The quantitative estimate of drug-likeness (QED) is 0.449. The van der Waals surface area contributed by atoms with E-state index in [9.17, 15) is 9.59 Å². The molecule has 32 heavy (non-hydrogen) atoms. The third kappa shape index (κ3) is 3.78. The van der Waals surface area contributed by atoms with E-state index in [0.29, 0.717) is 36.3 Å². The molecule has 1 N–H and O–H groups in total. The lowest BCUT2D eigenvalue weighted by atomic mass is 10.1. The van der Waals surface area contributed by atoms with E-state index in [1.54, 1.807) is 15.3 Å². The number of benzene rings is 2. The Labute approximate surface area is 183 Å². The minimum atomic E-state index is -0.300. The monoisotopic (exact) mass is 427 g/mol. The summed E-state index contributed by atoms with van der Waals surface area (Å²) in [6, 6.07) is 17.2. The maximum absolute atomic E-state index is 12.9. The highest BCUT2D eigenvalue weighted by molar-refractivity contribution is 5.96. The predicted molar refractivity (Wildman–Crippen MR) is 121 cm³/mol. The van der Waals surface area contributed by atoms with E-state index >= 15 is 0 Å². The normalized spacial score (nSPS) is 11.3. The molecule has 8 nitrogen and oxygen atoms in total. The second kappa shape index (κ2) is 8.14. The Balaban J connectivity index is 1.27. The molecule has 0 unspecified atom stereocenters. The number of hydrogen-bond donors (Lipinski definition) is 1. The fraction of sp³-hybridized carbons (Fsp3) is 0.167. The van der Waals surface area contributed by atoms with Gasteiger partial charge in [0.05, 0.1) is 19.3 Å². The van der Waals surface area contributed by atoms with Gasteiger partial charge in [0, 0.05) is 11.9 Å². The molecule has 0 aliphatic heterocycles. The van der Waals surface area contributed by atoms with Gasteiger partial charge in [0.15, 0.2) is 11.4 Å². The lowest BCUT2D eigenvalue weighted by Gasteiger charge is -2.07. The Morgan fingerprint density at radius 2 is 1.94 bits per heavy atom. The number of nitrogens with zero attached hydrogens (tertiary/aromatic N) is 4. The zero-order valence-electron chi connectivity index (χ0n) is 17.5. The Kier molecular flexibility index (Phi) is 5.03. The molecule has 0 bridgehead atoms. The Morgan fingerprint density at radius 1 is 1.12 bits per heavy atom.